The van der Waals surface area contributed by atoms with Gasteiger partial charge in [-0.2, -0.15) is 4.98 Å². The van der Waals surface area contributed by atoms with Gasteiger partial charge in [0.25, 0.3) is 5.89 Å². The number of rotatable bonds is 8. The Morgan fingerprint density at radius 3 is 2.63 bits per heavy atom. The lowest BCUT2D eigenvalue weighted by Gasteiger charge is -2.14. The molecular formula is C22H21N5O3. The van der Waals surface area contributed by atoms with Gasteiger partial charge in [-0.15, -0.1) is 0 Å². The van der Waals surface area contributed by atoms with Crippen molar-refractivity contribution in [3.63, 3.8) is 0 Å². The zero-order valence-corrected chi connectivity index (χ0v) is 16.7. The van der Waals surface area contributed by atoms with Crippen LogP contribution in [0.25, 0.3) is 22.8 Å². The summed E-state index contributed by atoms with van der Waals surface area (Å²) in [5.74, 6) is 2.73. The Balaban J connectivity index is 1.68. The van der Waals surface area contributed by atoms with Crippen molar-refractivity contribution in [3.8, 4) is 34.3 Å². The van der Waals surface area contributed by atoms with Crippen LogP contribution in [0.1, 0.15) is 13.8 Å². The monoisotopic (exact) mass is 403 g/mol. The van der Waals surface area contributed by atoms with Crippen LogP contribution in [0, 0.1) is 0 Å². The first-order chi connectivity index (χ1) is 14.8. The lowest BCUT2D eigenvalue weighted by atomic mass is 10.2. The van der Waals surface area contributed by atoms with Crippen molar-refractivity contribution < 1.29 is 14.0 Å². The summed E-state index contributed by atoms with van der Waals surface area (Å²) >= 11 is 0. The van der Waals surface area contributed by atoms with Crippen LogP contribution >= 0.6 is 0 Å². The third kappa shape index (κ3) is 4.22. The predicted molar refractivity (Wildman–Crippen MR) is 113 cm³/mol. The number of benzene rings is 2. The van der Waals surface area contributed by atoms with Gasteiger partial charge in [0.05, 0.1) is 18.9 Å². The molecule has 4 rings (SSSR count). The molecule has 2 heterocycles. The number of hydrogen-bond acceptors (Lipinski definition) is 8. The Bertz CT molecular complexity index is 1110. The van der Waals surface area contributed by atoms with Crippen molar-refractivity contribution in [3.05, 3.63) is 61.1 Å². The Kier molecular flexibility index (Phi) is 5.84. The minimum absolute atomic E-state index is 0.316. The highest BCUT2D eigenvalue weighted by molar-refractivity contribution is 5.76. The van der Waals surface area contributed by atoms with Crippen molar-refractivity contribution in [1.29, 1.82) is 0 Å². The van der Waals surface area contributed by atoms with Gasteiger partial charge >= 0.3 is 0 Å². The third-order valence-corrected chi connectivity index (χ3v) is 4.22. The summed E-state index contributed by atoms with van der Waals surface area (Å²) in [5.41, 5.74) is 2.16. The second kappa shape index (κ2) is 9.04. The lowest BCUT2D eigenvalue weighted by Crippen LogP contribution is -2.02. The molecule has 8 nitrogen and oxygen atoms in total. The van der Waals surface area contributed by atoms with Gasteiger partial charge < -0.3 is 19.3 Å². The summed E-state index contributed by atoms with van der Waals surface area (Å²) in [6, 6.07) is 15.2. The quantitative estimate of drug-likeness (QED) is 0.451. The van der Waals surface area contributed by atoms with Gasteiger partial charge in [0.2, 0.25) is 5.82 Å². The van der Waals surface area contributed by atoms with Crippen molar-refractivity contribution in [2.24, 2.45) is 0 Å². The van der Waals surface area contributed by atoms with Crippen LogP contribution in [-0.2, 0) is 0 Å². The number of hydrogen-bond donors (Lipinski definition) is 1. The molecule has 4 aromatic rings. The van der Waals surface area contributed by atoms with Crippen molar-refractivity contribution in [2.45, 2.75) is 13.8 Å². The summed E-state index contributed by atoms with van der Waals surface area (Å²) in [5, 5.41) is 7.37. The zero-order valence-electron chi connectivity index (χ0n) is 16.7. The molecule has 0 atom stereocenters. The molecule has 2 aromatic carbocycles. The smallest absolute Gasteiger partial charge is 0.263 e. The molecule has 1 N–H and O–H groups in total. The van der Waals surface area contributed by atoms with Crippen molar-refractivity contribution >= 4 is 11.5 Å². The van der Waals surface area contributed by atoms with Crippen molar-refractivity contribution in [1.82, 2.24) is 20.1 Å². The van der Waals surface area contributed by atoms with Gasteiger partial charge in [0.1, 0.15) is 29.2 Å². The summed E-state index contributed by atoms with van der Waals surface area (Å²) < 4.78 is 16.8. The van der Waals surface area contributed by atoms with Gasteiger partial charge in [-0.05, 0) is 26.0 Å². The minimum atomic E-state index is 0.316. The molecule has 0 aliphatic heterocycles. The van der Waals surface area contributed by atoms with Crippen LogP contribution in [0.3, 0.4) is 0 Å². The van der Waals surface area contributed by atoms with E-state index in [0.29, 0.717) is 47.7 Å². The topological polar surface area (TPSA) is 95.2 Å². The molecule has 0 aliphatic rings. The highest BCUT2D eigenvalue weighted by Gasteiger charge is 2.17. The summed E-state index contributed by atoms with van der Waals surface area (Å²) in [6.45, 7) is 4.96. The molecule has 0 radical (unpaired) electrons. The molecule has 0 aliphatic carbocycles. The highest BCUT2D eigenvalue weighted by atomic mass is 16.5. The number of nitrogens with one attached hydrogen (secondary N) is 1. The van der Waals surface area contributed by atoms with Crippen molar-refractivity contribution in [2.75, 3.05) is 18.5 Å². The van der Waals surface area contributed by atoms with Crippen LogP contribution in [0.4, 0.5) is 11.5 Å². The molecule has 0 saturated heterocycles. The van der Waals surface area contributed by atoms with Crippen LogP contribution < -0.4 is 14.8 Å². The van der Waals surface area contributed by atoms with E-state index in [9.17, 15) is 0 Å². The van der Waals surface area contributed by atoms with Crippen LogP contribution in [0.5, 0.6) is 11.5 Å². The molecule has 8 heteroatoms. The molecule has 2 aromatic heterocycles. The van der Waals surface area contributed by atoms with Gasteiger partial charge in [-0.25, -0.2) is 9.97 Å². The van der Waals surface area contributed by atoms with Gasteiger partial charge in [-0.1, -0.05) is 35.5 Å². The molecular weight excluding hydrogens is 382 g/mol. The largest absolute Gasteiger partial charge is 0.494 e. The summed E-state index contributed by atoms with van der Waals surface area (Å²) in [4.78, 5) is 13.0. The fourth-order valence-corrected chi connectivity index (χ4v) is 2.90. The number of ether oxygens (including phenoxy) is 2. The Hall–Kier alpha value is -3.94. The first-order valence-electron chi connectivity index (χ1n) is 9.64. The predicted octanol–water partition coefficient (Wildman–Crippen LogP) is 4.73. The SMILES string of the molecule is CCOc1ccc(OCC)c(Nc2ncncc2-c2nc(-c3ccccc3)no2)c1. The maximum Gasteiger partial charge on any atom is 0.263 e. The Labute approximate surface area is 173 Å². The number of anilines is 2. The third-order valence-electron chi connectivity index (χ3n) is 4.22. The fraction of sp³-hybridized carbons (Fsp3) is 0.182. The van der Waals surface area contributed by atoms with E-state index in [0.717, 1.165) is 11.3 Å². The molecule has 0 spiro atoms. The Morgan fingerprint density at radius 2 is 1.83 bits per heavy atom. The molecule has 0 saturated carbocycles. The highest BCUT2D eigenvalue weighted by Crippen LogP contribution is 2.34. The first-order valence-corrected chi connectivity index (χ1v) is 9.64. The van der Waals surface area contributed by atoms with E-state index in [4.69, 9.17) is 14.0 Å². The lowest BCUT2D eigenvalue weighted by molar-refractivity contribution is 0.332. The second-order valence-corrected chi connectivity index (χ2v) is 6.22. The molecule has 0 fully saturated rings. The maximum atomic E-state index is 5.74. The number of aromatic nitrogens is 4. The van der Waals surface area contributed by atoms with Gasteiger partial charge in [0, 0.05) is 17.8 Å². The first kappa shape index (κ1) is 19.4. The molecule has 30 heavy (non-hydrogen) atoms. The standard InChI is InChI=1S/C22H21N5O3/c1-3-28-16-10-11-19(29-4-2)18(12-16)25-21-17(13-23-14-24-21)22-26-20(27-30-22)15-8-6-5-7-9-15/h5-14H,3-4H2,1-2H3,(H,23,24,25). The molecule has 0 unspecified atom stereocenters. The maximum absolute atomic E-state index is 5.74. The van der Waals surface area contributed by atoms with Gasteiger partial charge in [0.15, 0.2) is 0 Å². The average molecular weight is 403 g/mol. The van der Waals surface area contributed by atoms with E-state index >= 15 is 0 Å². The van der Waals surface area contributed by atoms with E-state index in [1.807, 2.05) is 62.4 Å². The molecule has 0 amide bonds. The minimum Gasteiger partial charge on any atom is -0.494 e. The second-order valence-electron chi connectivity index (χ2n) is 6.22. The van der Waals surface area contributed by atoms with Crippen LogP contribution in [-0.4, -0.2) is 33.3 Å². The van der Waals surface area contributed by atoms with E-state index in [1.165, 1.54) is 6.33 Å². The zero-order chi connectivity index (χ0) is 20.8. The van der Waals surface area contributed by atoms with E-state index < -0.39 is 0 Å². The average Bonchev–Trinajstić information content (AvgIpc) is 3.27. The van der Waals surface area contributed by atoms with E-state index in [2.05, 4.69) is 25.4 Å². The molecule has 0 bridgehead atoms. The Morgan fingerprint density at radius 1 is 1.00 bits per heavy atom. The summed E-state index contributed by atoms with van der Waals surface area (Å²) in [6.07, 6.45) is 3.08. The normalized spacial score (nSPS) is 10.6. The van der Waals surface area contributed by atoms with Gasteiger partial charge in [-0.3, -0.25) is 0 Å². The fourth-order valence-electron chi connectivity index (χ4n) is 2.90. The van der Waals surface area contributed by atoms with E-state index in [-0.39, 0.29) is 0 Å². The molecule has 152 valence electrons. The van der Waals surface area contributed by atoms with Crippen LogP contribution in [0.15, 0.2) is 65.6 Å². The van der Waals surface area contributed by atoms with E-state index in [1.54, 1.807) is 6.20 Å². The van der Waals surface area contributed by atoms with Crippen LogP contribution in [0.2, 0.25) is 0 Å². The summed E-state index contributed by atoms with van der Waals surface area (Å²) in [7, 11) is 0. The number of nitrogens with zero attached hydrogens (tertiary/aromatic N) is 4.